The number of sulfone groups is 1. The second-order valence-corrected chi connectivity index (χ2v) is 7.00. The molecule has 0 bridgehead atoms. The second kappa shape index (κ2) is 4.83. The number of ether oxygens (including phenoxy) is 1. The van der Waals surface area contributed by atoms with Crippen LogP contribution in [0, 0.1) is 0 Å². The SMILES string of the molecule is COC(=O)c1ccc(C(=C2CNC2)S(C)(=O)=O)s1. The van der Waals surface area contributed by atoms with Gasteiger partial charge >= 0.3 is 5.97 Å². The van der Waals surface area contributed by atoms with Crippen LogP contribution in [0.15, 0.2) is 17.7 Å². The first kappa shape index (κ1) is 13.3. The molecule has 0 unspecified atom stereocenters. The van der Waals surface area contributed by atoms with Gasteiger partial charge in [-0.15, -0.1) is 11.3 Å². The Kier molecular flexibility index (Phi) is 3.56. The maximum atomic E-state index is 11.8. The van der Waals surface area contributed by atoms with E-state index in [1.165, 1.54) is 13.4 Å². The normalized spacial score (nSPS) is 15.1. The van der Waals surface area contributed by atoms with Crippen LogP contribution in [0.5, 0.6) is 0 Å². The Morgan fingerprint density at radius 2 is 1.94 bits per heavy atom. The average Bonchev–Trinajstić information content (AvgIpc) is 2.69. The predicted octanol–water partition coefficient (Wildman–Crippen LogP) is 0.894. The van der Waals surface area contributed by atoms with Crippen molar-refractivity contribution in [2.75, 3.05) is 26.5 Å². The van der Waals surface area contributed by atoms with Gasteiger partial charge in [0.15, 0.2) is 9.84 Å². The van der Waals surface area contributed by atoms with E-state index in [4.69, 9.17) is 0 Å². The smallest absolute Gasteiger partial charge is 0.348 e. The molecule has 0 radical (unpaired) electrons. The Balaban J connectivity index is 2.46. The number of thiophene rings is 1. The fourth-order valence-electron chi connectivity index (χ4n) is 1.70. The average molecular weight is 287 g/mol. The van der Waals surface area contributed by atoms with Gasteiger partial charge in [0.1, 0.15) is 4.88 Å². The lowest BCUT2D eigenvalue weighted by Crippen LogP contribution is -2.35. The Hall–Kier alpha value is -1.18. The number of esters is 1. The molecule has 7 heteroatoms. The summed E-state index contributed by atoms with van der Waals surface area (Å²) in [7, 11) is -2.00. The van der Waals surface area contributed by atoms with Crippen LogP contribution in [0.4, 0.5) is 0 Å². The lowest BCUT2D eigenvalue weighted by Gasteiger charge is -2.22. The van der Waals surface area contributed by atoms with Crippen molar-refractivity contribution in [3.63, 3.8) is 0 Å². The van der Waals surface area contributed by atoms with Gasteiger partial charge in [0.25, 0.3) is 0 Å². The molecule has 1 aliphatic heterocycles. The quantitative estimate of drug-likeness (QED) is 0.836. The molecule has 98 valence electrons. The molecule has 1 saturated heterocycles. The van der Waals surface area contributed by atoms with E-state index < -0.39 is 15.8 Å². The van der Waals surface area contributed by atoms with Crippen molar-refractivity contribution in [3.05, 3.63) is 27.5 Å². The van der Waals surface area contributed by atoms with E-state index in [1.54, 1.807) is 12.1 Å². The van der Waals surface area contributed by atoms with Crippen LogP contribution < -0.4 is 5.32 Å². The minimum Gasteiger partial charge on any atom is -0.465 e. The van der Waals surface area contributed by atoms with Crippen LogP contribution >= 0.6 is 11.3 Å². The van der Waals surface area contributed by atoms with Crippen molar-refractivity contribution in [1.82, 2.24) is 5.32 Å². The molecule has 0 amide bonds. The number of rotatable bonds is 3. The zero-order valence-electron chi connectivity index (χ0n) is 10.0. The first-order valence-corrected chi connectivity index (χ1v) is 7.95. The predicted molar refractivity (Wildman–Crippen MR) is 70.3 cm³/mol. The summed E-state index contributed by atoms with van der Waals surface area (Å²) in [6, 6.07) is 3.24. The maximum absolute atomic E-state index is 11.8. The van der Waals surface area contributed by atoms with Crippen LogP contribution in [0.1, 0.15) is 14.5 Å². The Bertz CT molecular complexity index is 607. The van der Waals surface area contributed by atoms with Gasteiger partial charge in [-0.2, -0.15) is 0 Å². The summed E-state index contributed by atoms with van der Waals surface area (Å²) in [6.45, 7) is 1.15. The highest BCUT2D eigenvalue weighted by Crippen LogP contribution is 2.32. The Labute approximate surface area is 109 Å². The van der Waals surface area contributed by atoms with E-state index in [-0.39, 0.29) is 0 Å². The molecular weight excluding hydrogens is 274 g/mol. The molecule has 2 rings (SSSR count). The molecule has 18 heavy (non-hydrogen) atoms. The van der Waals surface area contributed by atoms with Gasteiger partial charge in [0.05, 0.1) is 12.0 Å². The van der Waals surface area contributed by atoms with E-state index in [1.807, 2.05) is 0 Å². The van der Waals surface area contributed by atoms with Gasteiger partial charge in [-0.1, -0.05) is 0 Å². The third kappa shape index (κ3) is 2.47. The van der Waals surface area contributed by atoms with Gasteiger partial charge in [0.2, 0.25) is 0 Å². The highest BCUT2D eigenvalue weighted by Gasteiger charge is 2.25. The van der Waals surface area contributed by atoms with Crippen molar-refractivity contribution >= 4 is 32.0 Å². The number of hydrogen-bond acceptors (Lipinski definition) is 6. The van der Waals surface area contributed by atoms with Crippen molar-refractivity contribution in [1.29, 1.82) is 0 Å². The minimum atomic E-state index is -3.30. The maximum Gasteiger partial charge on any atom is 0.348 e. The highest BCUT2D eigenvalue weighted by molar-refractivity contribution is 8.00. The lowest BCUT2D eigenvalue weighted by atomic mass is 10.1. The lowest BCUT2D eigenvalue weighted by molar-refractivity contribution is 0.0606. The van der Waals surface area contributed by atoms with Gasteiger partial charge < -0.3 is 10.1 Å². The van der Waals surface area contributed by atoms with E-state index in [9.17, 15) is 13.2 Å². The largest absolute Gasteiger partial charge is 0.465 e. The molecule has 5 nitrogen and oxygen atoms in total. The first-order chi connectivity index (χ1) is 8.43. The van der Waals surface area contributed by atoms with Crippen molar-refractivity contribution in [2.45, 2.75) is 0 Å². The molecule has 2 heterocycles. The molecule has 1 aromatic heterocycles. The third-order valence-electron chi connectivity index (χ3n) is 2.59. The molecule has 1 aliphatic rings. The number of carbonyl (C=O) groups excluding carboxylic acids is 1. The zero-order chi connectivity index (χ0) is 13.3. The molecule has 0 aromatic carbocycles. The molecule has 1 N–H and O–H groups in total. The van der Waals surface area contributed by atoms with Crippen molar-refractivity contribution in [2.24, 2.45) is 0 Å². The van der Waals surface area contributed by atoms with Crippen LogP contribution in [-0.4, -0.2) is 40.8 Å². The second-order valence-electron chi connectivity index (χ2n) is 3.96. The molecule has 0 saturated carbocycles. The molecule has 0 spiro atoms. The topological polar surface area (TPSA) is 72.5 Å². The monoisotopic (exact) mass is 287 g/mol. The summed E-state index contributed by atoms with van der Waals surface area (Å²) in [5.41, 5.74) is 0.857. The summed E-state index contributed by atoms with van der Waals surface area (Å²) in [5.74, 6) is -0.448. The van der Waals surface area contributed by atoms with Crippen LogP contribution in [0.25, 0.3) is 4.91 Å². The summed E-state index contributed by atoms with van der Waals surface area (Å²) in [4.78, 5) is 12.7. The number of nitrogens with one attached hydrogen (secondary N) is 1. The number of carbonyl (C=O) groups is 1. The van der Waals surface area contributed by atoms with Crippen LogP contribution in [0.2, 0.25) is 0 Å². The molecule has 0 aliphatic carbocycles. The van der Waals surface area contributed by atoms with Gasteiger partial charge in [-0.3, -0.25) is 0 Å². The summed E-state index contributed by atoms with van der Waals surface area (Å²) < 4.78 is 28.2. The summed E-state index contributed by atoms with van der Waals surface area (Å²) in [6.07, 6.45) is 1.19. The number of hydrogen-bond donors (Lipinski definition) is 1. The Morgan fingerprint density at radius 3 is 2.39 bits per heavy atom. The first-order valence-electron chi connectivity index (χ1n) is 5.25. The molecule has 0 atom stereocenters. The van der Waals surface area contributed by atoms with Gasteiger partial charge in [-0.25, -0.2) is 13.2 Å². The van der Waals surface area contributed by atoms with E-state index in [0.29, 0.717) is 27.7 Å². The summed E-state index contributed by atoms with van der Waals surface area (Å²) in [5, 5.41) is 3.01. The fraction of sp³-hybridized carbons (Fsp3) is 0.364. The van der Waals surface area contributed by atoms with Crippen molar-refractivity contribution in [3.8, 4) is 0 Å². The Morgan fingerprint density at radius 1 is 1.33 bits per heavy atom. The number of methoxy groups -OCH3 is 1. The van der Waals surface area contributed by atoms with E-state index in [0.717, 1.165) is 16.9 Å². The van der Waals surface area contributed by atoms with Crippen LogP contribution in [0.3, 0.4) is 0 Å². The molecule has 1 aromatic rings. The van der Waals surface area contributed by atoms with Gasteiger partial charge in [-0.05, 0) is 17.7 Å². The van der Waals surface area contributed by atoms with Crippen molar-refractivity contribution < 1.29 is 17.9 Å². The minimum absolute atomic E-state index is 0.335. The molecular formula is C11H13NO4S2. The van der Waals surface area contributed by atoms with E-state index in [2.05, 4.69) is 10.1 Å². The van der Waals surface area contributed by atoms with E-state index >= 15 is 0 Å². The standard InChI is InChI=1S/C11H13NO4S2/c1-16-11(13)9-4-3-8(17-9)10(18(2,14)15)7-5-12-6-7/h3-4,12H,5-6H2,1-2H3. The van der Waals surface area contributed by atoms with Gasteiger partial charge in [0, 0.05) is 24.2 Å². The molecule has 1 fully saturated rings. The third-order valence-corrected chi connectivity index (χ3v) is 5.05. The highest BCUT2D eigenvalue weighted by atomic mass is 32.2. The zero-order valence-corrected chi connectivity index (χ0v) is 11.7. The fourth-order valence-corrected chi connectivity index (χ4v) is 4.29. The van der Waals surface area contributed by atoms with Crippen LogP contribution in [-0.2, 0) is 14.6 Å². The summed E-state index contributed by atoms with van der Waals surface area (Å²) >= 11 is 1.14.